The van der Waals surface area contributed by atoms with Crippen LogP contribution in [0.1, 0.15) is 35.9 Å². The summed E-state index contributed by atoms with van der Waals surface area (Å²) in [5, 5.41) is 8.89. The Bertz CT molecular complexity index is 670. The molecule has 0 saturated carbocycles. The van der Waals surface area contributed by atoms with Crippen molar-refractivity contribution in [2.45, 2.75) is 38.3 Å². The lowest BCUT2D eigenvalue weighted by Crippen LogP contribution is -2.40. The standard InChI is InChI=1S/C17H25N5O2S/c1-21(2)13-5-3-8-22(9-7-13)17(23)18-12-16-19-15(20-24-16)11-14-6-4-10-25-14/h4,6,10,13H,3,5,7-9,11-12H2,1-2H3,(H,18,23). The third-order valence-electron chi connectivity index (χ3n) is 4.53. The summed E-state index contributed by atoms with van der Waals surface area (Å²) in [6.45, 7) is 1.84. The van der Waals surface area contributed by atoms with Gasteiger partial charge in [-0.15, -0.1) is 11.3 Å². The minimum Gasteiger partial charge on any atom is -0.337 e. The van der Waals surface area contributed by atoms with Crippen molar-refractivity contribution < 1.29 is 9.32 Å². The van der Waals surface area contributed by atoms with E-state index in [0.717, 1.165) is 32.4 Å². The number of nitrogens with zero attached hydrogens (tertiary/aromatic N) is 4. The maximum absolute atomic E-state index is 12.4. The average molecular weight is 363 g/mol. The number of carbonyl (C=O) groups excluding carboxylic acids is 1. The normalized spacial score (nSPS) is 18.4. The van der Waals surface area contributed by atoms with E-state index in [-0.39, 0.29) is 12.6 Å². The molecule has 2 aromatic rings. The quantitative estimate of drug-likeness (QED) is 0.883. The van der Waals surface area contributed by atoms with Gasteiger partial charge in [-0.25, -0.2) is 4.79 Å². The van der Waals surface area contributed by atoms with Crippen molar-refractivity contribution in [3.63, 3.8) is 0 Å². The maximum Gasteiger partial charge on any atom is 0.317 e. The minimum atomic E-state index is -0.0580. The third-order valence-corrected chi connectivity index (χ3v) is 5.40. The number of aromatic nitrogens is 2. The van der Waals surface area contributed by atoms with E-state index < -0.39 is 0 Å². The van der Waals surface area contributed by atoms with Crippen molar-refractivity contribution in [1.82, 2.24) is 25.3 Å². The summed E-state index contributed by atoms with van der Waals surface area (Å²) in [6.07, 6.45) is 3.83. The van der Waals surface area contributed by atoms with Crippen LogP contribution >= 0.6 is 11.3 Å². The first-order valence-corrected chi connectivity index (χ1v) is 9.53. The highest BCUT2D eigenvalue weighted by molar-refractivity contribution is 7.09. The average Bonchev–Trinajstić information content (AvgIpc) is 3.19. The molecular weight excluding hydrogens is 338 g/mol. The molecular formula is C17H25N5O2S. The second kappa shape index (κ2) is 8.44. The van der Waals surface area contributed by atoms with E-state index in [4.69, 9.17) is 4.52 Å². The highest BCUT2D eigenvalue weighted by Crippen LogP contribution is 2.15. The smallest absolute Gasteiger partial charge is 0.317 e. The number of likely N-dealkylation sites (tertiary alicyclic amines) is 1. The zero-order valence-corrected chi connectivity index (χ0v) is 15.6. The van der Waals surface area contributed by atoms with Crippen LogP contribution in [0.15, 0.2) is 22.0 Å². The van der Waals surface area contributed by atoms with E-state index in [1.54, 1.807) is 11.3 Å². The van der Waals surface area contributed by atoms with E-state index >= 15 is 0 Å². The molecule has 0 aliphatic carbocycles. The number of thiophene rings is 1. The van der Waals surface area contributed by atoms with E-state index in [9.17, 15) is 4.79 Å². The van der Waals surface area contributed by atoms with E-state index in [2.05, 4.69) is 34.5 Å². The molecule has 8 heteroatoms. The predicted molar refractivity (Wildman–Crippen MR) is 96.6 cm³/mol. The molecule has 0 aromatic carbocycles. The van der Waals surface area contributed by atoms with Crippen LogP contribution in [0, 0.1) is 0 Å². The molecule has 1 aliphatic heterocycles. The van der Waals surface area contributed by atoms with Crippen LogP contribution in [0.4, 0.5) is 4.79 Å². The van der Waals surface area contributed by atoms with Gasteiger partial charge >= 0.3 is 6.03 Å². The molecule has 1 aliphatic rings. The van der Waals surface area contributed by atoms with Crippen LogP contribution in [0.2, 0.25) is 0 Å². The first-order valence-electron chi connectivity index (χ1n) is 8.65. The second-order valence-electron chi connectivity index (χ2n) is 6.55. The minimum absolute atomic E-state index is 0.0580. The van der Waals surface area contributed by atoms with Crippen LogP contribution in [-0.4, -0.2) is 59.2 Å². The van der Waals surface area contributed by atoms with Gasteiger partial charge in [-0.2, -0.15) is 4.98 Å². The molecule has 25 heavy (non-hydrogen) atoms. The summed E-state index contributed by atoms with van der Waals surface area (Å²) in [6, 6.07) is 4.54. The molecule has 0 radical (unpaired) electrons. The Morgan fingerprint density at radius 1 is 1.44 bits per heavy atom. The lowest BCUT2D eigenvalue weighted by atomic mass is 10.1. The van der Waals surface area contributed by atoms with Gasteiger partial charge in [0.15, 0.2) is 5.82 Å². The summed E-state index contributed by atoms with van der Waals surface area (Å²) in [7, 11) is 4.20. The van der Waals surface area contributed by atoms with Crippen molar-refractivity contribution in [3.8, 4) is 0 Å². The van der Waals surface area contributed by atoms with Gasteiger partial charge in [0.05, 0.1) is 6.54 Å². The number of amides is 2. The van der Waals surface area contributed by atoms with E-state index in [0.29, 0.717) is 24.2 Å². The SMILES string of the molecule is CN(C)C1CCCN(C(=O)NCc2nc(Cc3cccs3)no2)CC1. The van der Waals surface area contributed by atoms with Crippen LogP contribution in [0.25, 0.3) is 0 Å². The number of nitrogens with one attached hydrogen (secondary N) is 1. The Kier molecular flexibility index (Phi) is 6.04. The fraction of sp³-hybridized carbons (Fsp3) is 0.588. The molecule has 3 heterocycles. The van der Waals surface area contributed by atoms with Gasteiger partial charge < -0.3 is 19.6 Å². The van der Waals surface area contributed by atoms with Crippen molar-refractivity contribution in [1.29, 1.82) is 0 Å². The summed E-state index contributed by atoms with van der Waals surface area (Å²) in [4.78, 5) is 22.0. The molecule has 1 saturated heterocycles. The van der Waals surface area contributed by atoms with Gasteiger partial charge in [0.25, 0.3) is 0 Å². The van der Waals surface area contributed by atoms with Crippen molar-refractivity contribution in [2.24, 2.45) is 0 Å². The molecule has 1 fully saturated rings. The zero-order chi connectivity index (χ0) is 17.6. The molecule has 1 atom stereocenters. The molecule has 2 aromatic heterocycles. The molecule has 1 unspecified atom stereocenters. The van der Waals surface area contributed by atoms with Gasteiger partial charge in [0, 0.05) is 30.4 Å². The van der Waals surface area contributed by atoms with E-state index in [1.165, 1.54) is 4.88 Å². The third kappa shape index (κ3) is 5.02. The number of rotatable bonds is 5. The van der Waals surface area contributed by atoms with E-state index in [1.807, 2.05) is 22.4 Å². The number of urea groups is 1. The molecule has 3 rings (SSSR count). The summed E-state index contributed by atoms with van der Waals surface area (Å²) < 4.78 is 5.23. The Hall–Kier alpha value is -1.93. The van der Waals surface area contributed by atoms with Crippen molar-refractivity contribution in [3.05, 3.63) is 34.1 Å². The van der Waals surface area contributed by atoms with Gasteiger partial charge in [-0.1, -0.05) is 11.2 Å². The highest BCUT2D eigenvalue weighted by Gasteiger charge is 2.21. The number of hydrogen-bond acceptors (Lipinski definition) is 6. The Balaban J connectivity index is 1.46. The molecule has 7 nitrogen and oxygen atoms in total. The molecule has 0 spiro atoms. The Labute approximate surface area is 152 Å². The zero-order valence-electron chi connectivity index (χ0n) is 14.8. The van der Waals surface area contributed by atoms with Crippen LogP contribution in [-0.2, 0) is 13.0 Å². The first kappa shape index (κ1) is 17.9. The molecule has 0 bridgehead atoms. The summed E-state index contributed by atoms with van der Waals surface area (Å²) in [5.74, 6) is 1.09. The monoisotopic (exact) mass is 363 g/mol. The summed E-state index contributed by atoms with van der Waals surface area (Å²) in [5.41, 5.74) is 0. The predicted octanol–water partition coefficient (Wildman–Crippen LogP) is 2.35. The van der Waals surface area contributed by atoms with Gasteiger partial charge in [0.1, 0.15) is 0 Å². The van der Waals surface area contributed by atoms with Gasteiger partial charge in [0.2, 0.25) is 5.89 Å². The lowest BCUT2D eigenvalue weighted by Gasteiger charge is -2.23. The largest absolute Gasteiger partial charge is 0.337 e. The fourth-order valence-corrected chi connectivity index (χ4v) is 3.77. The van der Waals surface area contributed by atoms with Crippen molar-refractivity contribution >= 4 is 17.4 Å². The van der Waals surface area contributed by atoms with Crippen LogP contribution in [0.3, 0.4) is 0 Å². The lowest BCUT2D eigenvalue weighted by molar-refractivity contribution is 0.195. The van der Waals surface area contributed by atoms with Crippen LogP contribution in [0.5, 0.6) is 0 Å². The number of carbonyl (C=O) groups is 1. The Morgan fingerprint density at radius 2 is 2.32 bits per heavy atom. The number of hydrogen-bond donors (Lipinski definition) is 1. The van der Waals surface area contributed by atoms with Crippen LogP contribution < -0.4 is 5.32 Å². The first-order chi connectivity index (χ1) is 12.1. The second-order valence-corrected chi connectivity index (χ2v) is 7.59. The van der Waals surface area contributed by atoms with Crippen molar-refractivity contribution in [2.75, 3.05) is 27.2 Å². The topological polar surface area (TPSA) is 74.5 Å². The Morgan fingerprint density at radius 3 is 3.08 bits per heavy atom. The highest BCUT2D eigenvalue weighted by atomic mass is 32.1. The van der Waals surface area contributed by atoms with Gasteiger partial charge in [-0.05, 0) is 44.8 Å². The molecule has 1 N–H and O–H groups in total. The summed E-state index contributed by atoms with van der Waals surface area (Å²) >= 11 is 1.67. The fourth-order valence-electron chi connectivity index (χ4n) is 3.06. The maximum atomic E-state index is 12.4. The molecule has 136 valence electrons. The van der Waals surface area contributed by atoms with Gasteiger partial charge in [-0.3, -0.25) is 0 Å². The molecule has 2 amide bonds.